The molecule has 0 radical (unpaired) electrons. The Kier molecular flexibility index (Phi) is 7.05. The van der Waals surface area contributed by atoms with E-state index in [1.807, 2.05) is 6.07 Å². The molecule has 1 fully saturated rings. The molecule has 2 heterocycles. The highest BCUT2D eigenvalue weighted by atomic mass is 16.7. The number of benzene rings is 2. The number of carbonyl (C=O) groups excluding carboxylic acids is 4. The highest BCUT2D eigenvalue weighted by Gasteiger charge is 2.36. The molecular weight excluding hydrogens is 466 g/mol. The lowest BCUT2D eigenvalue weighted by Crippen LogP contribution is -2.54. The Morgan fingerprint density at radius 2 is 1.97 bits per heavy atom. The second-order valence-corrected chi connectivity index (χ2v) is 8.08. The molecular formula is C26H25N3O7. The van der Waals surface area contributed by atoms with Crippen molar-refractivity contribution < 1.29 is 33.4 Å². The molecule has 1 saturated heterocycles. The van der Waals surface area contributed by atoms with Crippen LogP contribution in [0, 0.1) is 0 Å². The molecule has 36 heavy (non-hydrogen) atoms. The maximum atomic E-state index is 13.0. The molecule has 0 atom stereocenters. The Bertz CT molecular complexity index is 1270. The van der Waals surface area contributed by atoms with Crippen molar-refractivity contribution in [2.45, 2.75) is 6.42 Å². The first-order chi connectivity index (χ1) is 17.3. The van der Waals surface area contributed by atoms with Gasteiger partial charge in [0, 0.05) is 31.3 Å². The number of hydrogen-bond donors (Lipinski definition) is 1. The Morgan fingerprint density at radius 1 is 1.22 bits per heavy atom. The molecule has 0 spiro atoms. The van der Waals surface area contributed by atoms with E-state index in [0.717, 1.165) is 4.90 Å². The Balaban J connectivity index is 1.71. The van der Waals surface area contributed by atoms with Gasteiger partial charge in [-0.15, -0.1) is 6.58 Å². The van der Waals surface area contributed by atoms with E-state index < -0.39 is 17.8 Å². The van der Waals surface area contributed by atoms with Crippen LogP contribution in [0.25, 0.3) is 6.08 Å². The maximum Gasteiger partial charge on any atom is 0.331 e. The summed E-state index contributed by atoms with van der Waals surface area (Å²) in [5.74, 6) is -0.674. The highest BCUT2D eigenvalue weighted by molar-refractivity contribution is 6.31. The van der Waals surface area contributed by atoms with E-state index in [-0.39, 0.29) is 30.6 Å². The molecule has 0 saturated carbocycles. The number of barbiturate groups is 1. The van der Waals surface area contributed by atoms with Gasteiger partial charge in [-0.05, 0) is 36.3 Å². The largest absolute Gasteiger partial charge is 0.492 e. The number of likely N-dealkylation sites (N-methyl/N-ethyl adjacent to an activating group) is 1. The zero-order chi connectivity index (χ0) is 25.8. The van der Waals surface area contributed by atoms with Crippen molar-refractivity contribution in [3.05, 3.63) is 71.3 Å². The van der Waals surface area contributed by atoms with Crippen molar-refractivity contribution >= 4 is 29.8 Å². The predicted octanol–water partition coefficient (Wildman–Crippen LogP) is 2.39. The monoisotopic (exact) mass is 491 g/mol. The second-order valence-electron chi connectivity index (χ2n) is 8.08. The summed E-state index contributed by atoms with van der Waals surface area (Å²) < 4.78 is 16.7. The van der Waals surface area contributed by atoms with Gasteiger partial charge in [-0.2, -0.15) is 0 Å². The van der Waals surface area contributed by atoms with E-state index in [4.69, 9.17) is 14.2 Å². The van der Waals surface area contributed by atoms with Crippen molar-refractivity contribution in [3.63, 3.8) is 0 Å². The molecule has 2 aliphatic rings. The van der Waals surface area contributed by atoms with Crippen molar-refractivity contribution in [1.29, 1.82) is 0 Å². The molecule has 10 heteroatoms. The van der Waals surface area contributed by atoms with Crippen LogP contribution in [0.3, 0.4) is 0 Å². The van der Waals surface area contributed by atoms with E-state index in [2.05, 4.69) is 11.9 Å². The van der Waals surface area contributed by atoms with Gasteiger partial charge >= 0.3 is 6.03 Å². The number of amides is 5. The maximum absolute atomic E-state index is 13.0. The minimum Gasteiger partial charge on any atom is -0.492 e. The van der Waals surface area contributed by atoms with Crippen molar-refractivity contribution in [1.82, 2.24) is 15.1 Å². The summed E-state index contributed by atoms with van der Waals surface area (Å²) in [5, 5.41) is 2.17. The molecule has 1 N–H and O–H groups in total. The lowest BCUT2D eigenvalue weighted by molar-refractivity contribution is -0.129. The van der Waals surface area contributed by atoms with Gasteiger partial charge in [0.1, 0.15) is 5.57 Å². The Hall–Kier alpha value is -4.60. The van der Waals surface area contributed by atoms with Crippen LogP contribution in [0.4, 0.5) is 4.79 Å². The van der Waals surface area contributed by atoms with Crippen LogP contribution in [0.15, 0.2) is 54.6 Å². The second kappa shape index (κ2) is 10.3. The van der Waals surface area contributed by atoms with Crippen LogP contribution < -0.4 is 19.5 Å². The molecule has 2 aromatic rings. The fraction of sp³-hybridized carbons (Fsp3) is 0.231. The number of methoxy groups -OCH3 is 1. The fourth-order valence-corrected chi connectivity index (χ4v) is 3.97. The third-order valence-electron chi connectivity index (χ3n) is 5.82. The van der Waals surface area contributed by atoms with Crippen LogP contribution in [0.2, 0.25) is 0 Å². The van der Waals surface area contributed by atoms with Crippen LogP contribution >= 0.6 is 0 Å². The lowest BCUT2D eigenvalue weighted by atomic mass is 9.98. The van der Waals surface area contributed by atoms with E-state index in [1.165, 1.54) is 19.3 Å². The number of hydrogen-bond acceptors (Lipinski definition) is 7. The Morgan fingerprint density at radius 3 is 2.67 bits per heavy atom. The first-order valence-corrected chi connectivity index (χ1v) is 11.2. The van der Waals surface area contributed by atoms with Gasteiger partial charge in [0.2, 0.25) is 12.5 Å². The minimum absolute atomic E-state index is 0.0153. The van der Waals surface area contributed by atoms with E-state index >= 15 is 0 Å². The molecule has 5 amide bonds. The molecule has 2 aliphatic heterocycles. The fourth-order valence-electron chi connectivity index (χ4n) is 3.97. The molecule has 2 aromatic carbocycles. The summed E-state index contributed by atoms with van der Waals surface area (Å²) in [6.45, 7) is 3.80. The number of nitrogens with zero attached hydrogens (tertiary/aromatic N) is 2. The summed E-state index contributed by atoms with van der Waals surface area (Å²) in [6, 6.07) is 9.81. The molecule has 0 aliphatic carbocycles. The SMILES string of the molecule is C=CCN1C(=O)NC(=O)C(=Cc2c(CCN(C)C(=O)c3ccccc3)cc3c(c2OC)OCO3)C1=O. The summed E-state index contributed by atoms with van der Waals surface area (Å²) in [4.78, 5) is 52.9. The third-order valence-corrected chi connectivity index (χ3v) is 5.82. The zero-order valence-electron chi connectivity index (χ0n) is 19.9. The molecule has 0 bridgehead atoms. The van der Waals surface area contributed by atoms with Gasteiger partial charge in [0.15, 0.2) is 11.5 Å². The van der Waals surface area contributed by atoms with E-state index in [9.17, 15) is 19.2 Å². The number of nitrogens with one attached hydrogen (secondary N) is 1. The molecule has 10 nitrogen and oxygen atoms in total. The number of rotatable bonds is 8. The minimum atomic E-state index is -0.827. The lowest BCUT2D eigenvalue weighted by Gasteiger charge is -2.25. The van der Waals surface area contributed by atoms with Crippen LogP contribution in [-0.2, 0) is 16.0 Å². The van der Waals surface area contributed by atoms with Crippen LogP contribution in [0.5, 0.6) is 17.2 Å². The normalized spacial score (nSPS) is 15.7. The van der Waals surface area contributed by atoms with Crippen LogP contribution in [-0.4, -0.2) is 67.6 Å². The summed E-state index contributed by atoms with van der Waals surface area (Å²) in [7, 11) is 3.12. The summed E-state index contributed by atoms with van der Waals surface area (Å²) in [5.41, 5.74) is 1.38. The standard InChI is InChI=1S/C26H25N3O7/c1-4-11-29-25(32)19(23(30)27-26(29)33)14-18-17(13-20-22(21(18)34-3)36-15-35-20)10-12-28(2)24(31)16-8-6-5-7-9-16/h4-9,13-14H,1,10-12,15H2,2-3H3,(H,27,30,33). The van der Waals surface area contributed by atoms with Gasteiger partial charge in [-0.1, -0.05) is 24.3 Å². The first-order valence-electron chi connectivity index (χ1n) is 11.2. The highest BCUT2D eigenvalue weighted by Crippen LogP contribution is 2.46. The van der Waals surface area contributed by atoms with Crippen LogP contribution in [0.1, 0.15) is 21.5 Å². The van der Waals surface area contributed by atoms with Crippen molar-refractivity contribution in [2.75, 3.05) is 34.0 Å². The molecule has 4 rings (SSSR count). The van der Waals surface area contributed by atoms with Gasteiger partial charge in [-0.25, -0.2) is 4.79 Å². The number of ether oxygens (including phenoxy) is 3. The third kappa shape index (κ3) is 4.65. The topological polar surface area (TPSA) is 114 Å². The number of imide groups is 2. The smallest absolute Gasteiger partial charge is 0.331 e. The average Bonchev–Trinajstić information content (AvgIpc) is 3.35. The van der Waals surface area contributed by atoms with Crippen molar-refractivity contribution in [2.24, 2.45) is 0 Å². The van der Waals surface area contributed by atoms with E-state index in [1.54, 1.807) is 42.3 Å². The summed E-state index contributed by atoms with van der Waals surface area (Å²) >= 11 is 0. The first kappa shape index (κ1) is 24.5. The Labute approximate surface area is 207 Å². The molecule has 0 aromatic heterocycles. The van der Waals surface area contributed by atoms with Gasteiger partial charge in [0.05, 0.1) is 7.11 Å². The predicted molar refractivity (Wildman–Crippen MR) is 130 cm³/mol. The van der Waals surface area contributed by atoms with Gasteiger partial charge < -0.3 is 19.1 Å². The molecule has 186 valence electrons. The quantitative estimate of drug-likeness (QED) is 0.343. The van der Waals surface area contributed by atoms with Gasteiger partial charge in [-0.3, -0.25) is 24.6 Å². The number of urea groups is 1. The summed E-state index contributed by atoms with van der Waals surface area (Å²) in [6.07, 6.45) is 3.11. The number of fused-ring (bicyclic) bond motifs is 1. The van der Waals surface area contributed by atoms with Gasteiger partial charge in [0.25, 0.3) is 17.7 Å². The molecule has 0 unspecified atom stereocenters. The zero-order valence-corrected chi connectivity index (χ0v) is 19.9. The number of carbonyl (C=O) groups is 4. The van der Waals surface area contributed by atoms with Crippen molar-refractivity contribution in [3.8, 4) is 17.2 Å². The van der Waals surface area contributed by atoms with E-state index in [0.29, 0.717) is 41.2 Å². The average molecular weight is 492 g/mol.